The van der Waals surface area contributed by atoms with E-state index >= 15 is 0 Å². The molecule has 24 heavy (non-hydrogen) atoms. The van der Waals surface area contributed by atoms with Gasteiger partial charge in [-0.2, -0.15) is 0 Å². The number of likely N-dealkylation sites (N-methyl/N-ethyl adjacent to an activating group) is 1. The molecule has 1 amide bonds. The van der Waals surface area contributed by atoms with Crippen LogP contribution in [0.4, 0.5) is 10.1 Å². The molecule has 0 bridgehead atoms. The Hall–Kier alpha value is -2.60. The molecule has 0 aliphatic carbocycles. The van der Waals surface area contributed by atoms with E-state index in [1.165, 1.54) is 19.2 Å². The summed E-state index contributed by atoms with van der Waals surface area (Å²) in [6.45, 7) is 0.816. The number of anilines is 1. The van der Waals surface area contributed by atoms with Crippen molar-refractivity contribution in [2.24, 2.45) is 0 Å². The molecule has 0 aliphatic heterocycles. The standard InChI is InChI=1S/C18H21FN2O3/c1-21(11-13-5-4-6-14(19)9-13)12-18(22)20-16-8-7-15(23-2)10-17(16)24-3/h4-10H,11-12H2,1-3H3,(H,20,22)/p+1. The zero-order valence-electron chi connectivity index (χ0n) is 14.1. The van der Waals surface area contributed by atoms with Gasteiger partial charge in [-0.15, -0.1) is 0 Å². The van der Waals surface area contributed by atoms with Gasteiger partial charge in [0.25, 0.3) is 5.91 Å². The predicted octanol–water partition coefficient (Wildman–Crippen LogP) is 1.50. The van der Waals surface area contributed by atoms with E-state index in [0.29, 0.717) is 23.7 Å². The molecular weight excluding hydrogens is 311 g/mol. The van der Waals surface area contributed by atoms with Gasteiger partial charge in [0.15, 0.2) is 6.54 Å². The van der Waals surface area contributed by atoms with Crippen molar-refractivity contribution in [3.63, 3.8) is 0 Å². The Bertz CT molecular complexity index is 706. The van der Waals surface area contributed by atoms with Gasteiger partial charge in [0.05, 0.1) is 27.0 Å². The topological polar surface area (TPSA) is 52.0 Å². The van der Waals surface area contributed by atoms with Gasteiger partial charge in [0.1, 0.15) is 23.9 Å². The minimum atomic E-state index is -0.271. The van der Waals surface area contributed by atoms with Crippen LogP contribution in [-0.2, 0) is 11.3 Å². The minimum Gasteiger partial charge on any atom is -0.497 e. The SMILES string of the molecule is COc1ccc(NC(=O)C[NH+](C)Cc2cccc(F)c2)c(OC)c1. The van der Waals surface area contributed by atoms with Crippen LogP contribution >= 0.6 is 0 Å². The van der Waals surface area contributed by atoms with Crippen LogP contribution in [0.2, 0.25) is 0 Å². The van der Waals surface area contributed by atoms with Gasteiger partial charge < -0.3 is 19.7 Å². The highest BCUT2D eigenvalue weighted by Gasteiger charge is 2.14. The zero-order valence-corrected chi connectivity index (χ0v) is 14.1. The molecule has 0 aromatic heterocycles. The molecule has 0 saturated carbocycles. The molecule has 0 spiro atoms. The van der Waals surface area contributed by atoms with Crippen LogP contribution in [-0.4, -0.2) is 33.7 Å². The Kier molecular flexibility index (Phi) is 6.14. The average Bonchev–Trinajstić information content (AvgIpc) is 2.54. The fourth-order valence-corrected chi connectivity index (χ4v) is 2.43. The summed E-state index contributed by atoms with van der Waals surface area (Å²) in [5.74, 6) is 0.768. The molecule has 2 aromatic carbocycles. The van der Waals surface area contributed by atoms with Crippen LogP contribution in [0.3, 0.4) is 0 Å². The summed E-state index contributed by atoms with van der Waals surface area (Å²) in [5.41, 5.74) is 1.43. The van der Waals surface area contributed by atoms with Crippen LogP contribution in [0.1, 0.15) is 5.56 Å². The largest absolute Gasteiger partial charge is 0.497 e. The number of methoxy groups -OCH3 is 2. The van der Waals surface area contributed by atoms with Gasteiger partial charge in [0, 0.05) is 11.6 Å². The Balaban J connectivity index is 1.95. The Labute approximate surface area is 141 Å². The maximum atomic E-state index is 13.2. The highest BCUT2D eigenvalue weighted by Crippen LogP contribution is 2.28. The van der Waals surface area contributed by atoms with E-state index in [4.69, 9.17) is 9.47 Å². The first kappa shape index (κ1) is 17.7. The summed E-state index contributed by atoms with van der Waals surface area (Å²) in [6.07, 6.45) is 0. The van der Waals surface area contributed by atoms with Crippen molar-refractivity contribution in [1.29, 1.82) is 0 Å². The molecule has 1 unspecified atom stereocenters. The highest BCUT2D eigenvalue weighted by molar-refractivity contribution is 5.93. The maximum absolute atomic E-state index is 13.2. The van der Waals surface area contributed by atoms with Crippen molar-refractivity contribution >= 4 is 11.6 Å². The Morgan fingerprint density at radius 2 is 1.96 bits per heavy atom. The van der Waals surface area contributed by atoms with Crippen LogP contribution in [0.5, 0.6) is 11.5 Å². The lowest BCUT2D eigenvalue weighted by Crippen LogP contribution is -3.08. The van der Waals surface area contributed by atoms with Crippen LogP contribution in [0.25, 0.3) is 0 Å². The first-order chi connectivity index (χ1) is 11.5. The summed E-state index contributed by atoms with van der Waals surface area (Å²) >= 11 is 0. The first-order valence-electron chi connectivity index (χ1n) is 7.59. The summed E-state index contributed by atoms with van der Waals surface area (Å²) in [6, 6.07) is 11.6. The van der Waals surface area contributed by atoms with E-state index in [9.17, 15) is 9.18 Å². The Morgan fingerprint density at radius 3 is 2.62 bits per heavy atom. The highest BCUT2D eigenvalue weighted by atomic mass is 19.1. The van der Waals surface area contributed by atoms with Gasteiger partial charge in [-0.1, -0.05) is 12.1 Å². The lowest BCUT2D eigenvalue weighted by Gasteiger charge is -2.15. The van der Waals surface area contributed by atoms with E-state index in [0.717, 1.165) is 10.5 Å². The smallest absolute Gasteiger partial charge is 0.279 e. The number of carbonyl (C=O) groups excluding carboxylic acids is 1. The van der Waals surface area contributed by atoms with Gasteiger partial charge >= 0.3 is 0 Å². The second kappa shape index (κ2) is 8.31. The predicted molar refractivity (Wildman–Crippen MR) is 90.0 cm³/mol. The fourth-order valence-electron chi connectivity index (χ4n) is 2.43. The first-order valence-corrected chi connectivity index (χ1v) is 7.59. The van der Waals surface area contributed by atoms with E-state index < -0.39 is 0 Å². The van der Waals surface area contributed by atoms with Crippen molar-refractivity contribution in [2.75, 3.05) is 33.1 Å². The third kappa shape index (κ3) is 4.96. The number of ether oxygens (including phenoxy) is 2. The van der Waals surface area contributed by atoms with Crippen LogP contribution < -0.4 is 19.7 Å². The molecule has 0 fully saturated rings. The van der Waals surface area contributed by atoms with Crippen molar-refractivity contribution in [1.82, 2.24) is 0 Å². The number of amides is 1. The molecule has 128 valence electrons. The normalized spacial score (nSPS) is 11.7. The second-order valence-corrected chi connectivity index (χ2v) is 5.55. The van der Waals surface area contributed by atoms with E-state index in [1.807, 2.05) is 13.1 Å². The van der Waals surface area contributed by atoms with Crippen molar-refractivity contribution in [2.45, 2.75) is 6.54 Å². The summed E-state index contributed by atoms with van der Waals surface area (Å²) in [7, 11) is 4.99. The zero-order chi connectivity index (χ0) is 17.5. The molecule has 2 N–H and O–H groups in total. The summed E-state index contributed by atoms with van der Waals surface area (Å²) in [5, 5.41) is 2.83. The van der Waals surface area contributed by atoms with E-state index in [1.54, 1.807) is 31.4 Å². The van der Waals surface area contributed by atoms with Crippen molar-refractivity contribution in [3.05, 3.63) is 53.8 Å². The molecule has 6 heteroatoms. The fraction of sp³-hybridized carbons (Fsp3) is 0.278. The number of carbonyl (C=O) groups is 1. The Morgan fingerprint density at radius 1 is 1.17 bits per heavy atom. The number of rotatable bonds is 7. The molecule has 2 rings (SSSR count). The number of halogens is 1. The molecule has 0 saturated heterocycles. The number of nitrogens with one attached hydrogen (secondary N) is 2. The average molecular weight is 333 g/mol. The second-order valence-electron chi connectivity index (χ2n) is 5.55. The molecule has 0 radical (unpaired) electrons. The lowest BCUT2D eigenvalue weighted by atomic mass is 10.2. The molecule has 2 aromatic rings. The molecular formula is C18H22FN2O3+. The summed E-state index contributed by atoms with van der Waals surface area (Å²) in [4.78, 5) is 13.2. The van der Waals surface area contributed by atoms with Gasteiger partial charge in [0.2, 0.25) is 0 Å². The third-order valence-electron chi connectivity index (χ3n) is 3.54. The van der Waals surface area contributed by atoms with E-state index in [-0.39, 0.29) is 18.3 Å². The van der Waals surface area contributed by atoms with Crippen LogP contribution in [0.15, 0.2) is 42.5 Å². The quantitative estimate of drug-likeness (QED) is 0.807. The molecule has 1 atom stereocenters. The monoisotopic (exact) mass is 333 g/mol. The van der Waals surface area contributed by atoms with Gasteiger partial charge in [-0.25, -0.2) is 4.39 Å². The van der Waals surface area contributed by atoms with Crippen molar-refractivity contribution < 1.29 is 23.6 Å². The van der Waals surface area contributed by atoms with Crippen LogP contribution in [0, 0.1) is 5.82 Å². The third-order valence-corrected chi connectivity index (χ3v) is 3.54. The maximum Gasteiger partial charge on any atom is 0.279 e. The molecule has 0 aliphatic rings. The van der Waals surface area contributed by atoms with Gasteiger partial charge in [-0.3, -0.25) is 4.79 Å². The molecule has 0 heterocycles. The minimum absolute atomic E-state index is 0.146. The lowest BCUT2D eigenvalue weighted by molar-refractivity contribution is -0.885. The molecule has 5 nitrogen and oxygen atoms in total. The summed E-state index contributed by atoms with van der Waals surface area (Å²) < 4.78 is 23.6. The number of benzene rings is 2. The number of hydrogen-bond donors (Lipinski definition) is 2. The van der Waals surface area contributed by atoms with Gasteiger partial charge in [-0.05, 0) is 24.3 Å². The van der Waals surface area contributed by atoms with E-state index in [2.05, 4.69) is 5.32 Å². The van der Waals surface area contributed by atoms with Crippen molar-refractivity contribution in [3.8, 4) is 11.5 Å². The number of quaternary nitrogens is 1. The number of hydrogen-bond acceptors (Lipinski definition) is 3.